The summed E-state index contributed by atoms with van der Waals surface area (Å²) < 4.78 is 5.43. The Kier molecular flexibility index (Phi) is 2.44. The molecule has 1 aliphatic rings. The molecule has 0 atom stereocenters. The molecule has 0 bridgehead atoms. The predicted octanol–water partition coefficient (Wildman–Crippen LogP) is 0.843. The van der Waals surface area contributed by atoms with Crippen molar-refractivity contribution in [3.05, 3.63) is 29.8 Å². The summed E-state index contributed by atoms with van der Waals surface area (Å²) in [5, 5.41) is 3.19. The number of ether oxygens (including phenoxy) is 1. The topological polar surface area (TPSA) is 47.3 Å². The molecule has 0 spiro atoms. The summed E-state index contributed by atoms with van der Waals surface area (Å²) >= 11 is 0. The van der Waals surface area contributed by atoms with Crippen LogP contribution in [0.3, 0.4) is 0 Å². The average Bonchev–Trinajstić information content (AvgIpc) is 2.15. The first kappa shape index (κ1) is 9.49. The van der Waals surface area contributed by atoms with E-state index in [1.807, 2.05) is 25.1 Å². The third-order valence-electron chi connectivity index (χ3n) is 2.60. The quantitative estimate of drug-likeness (QED) is 0.746. The lowest BCUT2D eigenvalue weighted by Gasteiger charge is -2.39. The monoisotopic (exact) mass is 192 g/mol. The van der Waals surface area contributed by atoms with Gasteiger partial charge in [0.1, 0.15) is 5.75 Å². The lowest BCUT2D eigenvalue weighted by atomic mass is 9.85. The molecule has 3 N–H and O–H groups in total. The van der Waals surface area contributed by atoms with Crippen molar-refractivity contribution in [3.63, 3.8) is 0 Å². The highest BCUT2D eigenvalue weighted by molar-refractivity contribution is 5.35. The van der Waals surface area contributed by atoms with Crippen LogP contribution in [-0.2, 0) is 5.54 Å². The van der Waals surface area contributed by atoms with Gasteiger partial charge in [0.05, 0.1) is 12.1 Å². The zero-order valence-electron chi connectivity index (χ0n) is 8.42. The fraction of sp³-hybridized carbons (Fsp3) is 0.455. The molecule has 1 aliphatic heterocycles. The van der Waals surface area contributed by atoms with Crippen LogP contribution < -0.4 is 15.8 Å². The summed E-state index contributed by atoms with van der Waals surface area (Å²) in [7, 11) is 0. The third kappa shape index (κ3) is 1.61. The highest BCUT2D eigenvalue weighted by Crippen LogP contribution is 2.25. The van der Waals surface area contributed by atoms with Crippen LogP contribution in [0.2, 0.25) is 0 Å². The van der Waals surface area contributed by atoms with Crippen LogP contribution in [0.5, 0.6) is 5.75 Å². The minimum absolute atomic E-state index is 0.187. The van der Waals surface area contributed by atoms with Gasteiger partial charge in [0.2, 0.25) is 0 Å². The first-order chi connectivity index (χ1) is 6.74. The zero-order valence-corrected chi connectivity index (χ0v) is 8.42. The molecule has 0 saturated carbocycles. The molecule has 0 radical (unpaired) electrons. The molecule has 3 heteroatoms. The molecule has 0 aromatic heterocycles. The van der Waals surface area contributed by atoms with Gasteiger partial charge in [-0.05, 0) is 24.6 Å². The van der Waals surface area contributed by atoms with Gasteiger partial charge in [-0.25, -0.2) is 0 Å². The Morgan fingerprint density at radius 1 is 1.50 bits per heavy atom. The molecule has 1 fully saturated rings. The Morgan fingerprint density at radius 3 is 2.86 bits per heavy atom. The summed E-state index contributed by atoms with van der Waals surface area (Å²) in [6, 6.07) is 8.05. The Labute approximate surface area is 84.3 Å². The highest BCUT2D eigenvalue weighted by Gasteiger charge is 2.34. The Balaban J connectivity index is 2.21. The molecule has 0 unspecified atom stereocenters. The average molecular weight is 192 g/mol. The Hall–Kier alpha value is -1.06. The summed E-state index contributed by atoms with van der Waals surface area (Å²) in [5.74, 6) is 0.904. The highest BCUT2D eigenvalue weighted by atomic mass is 16.5. The Morgan fingerprint density at radius 2 is 2.29 bits per heavy atom. The van der Waals surface area contributed by atoms with Crippen LogP contribution in [-0.4, -0.2) is 19.7 Å². The van der Waals surface area contributed by atoms with Crippen molar-refractivity contribution in [3.8, 4) is 5.75 Å². The van der Waals surface area contributed by atoms with Gasteiger partial charge in [-0.1, -0.05) is 12.1 Å². The van der Waals surface area contributed by atoms with E-state index in [0.717, 1.165) is 24.4 Å². The Bertz CT molecular complexity index is 321. The molecular formula is C11H16N2O. The maximum Gasteiger partial charge on any atom is 0.119 e. The number of hydrogen-bond acceptors (Lipinski definition) is 3. The van der Waals surface area contributed by atoms with Crippen molar-refractivity contribution >= 4 is 0 Å². The van der Waals surface area contributed by atoms with Gasteiger partial charge in [-0.3, -0.25) is 0 Å². The number of benzene rings is 1. The van der Waals surface area contributed by atoms with Crippen molar-refractivity contribution in [2.75, 3.05) is 19.7 Å². The van der Waals surface area contributed by atoms with Gasteiger partial charge in [0.25, 0.3) is 0 Å². The first-order valence-corrected chi connectivity index (χ1v) is 4.97. The maximum atomic E-state index is 6.17. The number of hydrogen-bond donors (Lipinski definition) is 2. The minimum Gasteiger partial charge on any atom is -0.494 e. The molecule has 2 rings (SSSR count). The molecule has 14 heavy (non-hydrogen) atoms. The second-order valence-corrected chi connectivity index (χ2v) is 3.72. The van der Waals surface area contributed by atoms with E-state index < -0.39 is 0 Å². The van der Waals surface area contributed by atoms with Crippen LogP contribution in [0.15, 0.2) is 24.3 Å². The van der Waals surface area contributed by atoms with Gasteiger partial charge in [0.15, 0.2) is 0 Å². The van der Waals surface area contributed by atoms with E-state index in [9.17, 15) is 0 Å². The molecule has 1 aromatic rings. The van der Waals surface area contributed by atoms with Crippen LogP contribution in [0.25, 0.3) is 0 Å². The molecular weight excluding hydrogens is 176 g/mol. The molecule has 1 aromatic carbocycles. The van der Waals surface area contributed by atoms with Gasteiger partial charge < -0.3 is 15.8 Å². The fourth-order valence-electron chi connectivity index (χ4n) is 1.66. The lowest BCUT2D eigenvalue weighted by Crippen LogP contribution is -2.62. The summed E-state index contributed by atoms with van der Waals surface area (Å²) in [4.78, 5) is 0. The van der Waals surface area contributed by atoms with Gasteiger partial charge in [-0.15, -0.1) is 0 Å². The fourth-order valence-corrected chi connectivity index (χ4v) is 1.66. The van der Waals surface area contributed by atoms with E-state index in [1.165, 1.54) is 0 Å². The summed E-state index contributed by atoms with van der Waals surface area (Å²) in [6.45, 7) is 4.38. The van der Waals surface area contributed by atoms with Crippen molar-refractivity contribution in [1.29, 1.82) is 0 Å². The summed E-state index contributed by atoms with van der Waals surface area (Å²) in [5.41, 5.74) is 7.14. The van der Waals surface area contributed by atoms with Crippen molar-refractivity contribution in [2.45, 2.75) is 12.5 Å². The van der Waals surface area contributed by atoms with Gasteiger partial charge >= 0.3 is 0 Å². The second-order valence-electron chi connectivity index (χ2n) is 3.72. The van der Waals surface area contributed by atoms with E-state index >= 15 is 0 Å². The first-order valence-electron chi connectivity index (χ1n) is 4.97. The predicted molar refractivity (Wildman–Crippen MR) is 56.3 cm³/mol. The molecule has 0 amide bonds. The number of rotatable bonds is 3. The third-order valence-corrected chi connectivity index (χ3v) is 2.60. The standard InChI is InChI=1S/C11H16N2O/c1-2-14-10-5-3-4-9(6-10)11(12)7-13-8-11/h3-6,13H,2,7-8,12H2,1H3. The zero-order chi connectivity index (χ0) is 10.0. The molecule has 76 valence electrons. The molecule has 3 nitrogen and oxygen atoms in total. The lowest BCUT2D eigenvalue weighted by molar-refractivity contribution is 0.284. The number of nitrogens with two attached hydrogens (primary N) is 1. The number of nitrogens with one attached hydrogen (secondary N) is 1. The van der Waals surface area contributed by atoms with E-state index in [1.54, 1.807) is 0 Å². The van der Waals surface area contributed by atoms with Crippen LogP contribution in [0.4, 0.5) is 0 Å². The molecule has 1 saturated heterocycles. The smallest absolute Gasteiger partial charge is 0.119 e. The van der Waals surface area contributed by atoms with Gasteiger partial charge in [-0.2, -0.15) is 0 Å². The van der Waals surface area contributed by atoms with Crippen LogP contribution in [0.1, 0.15) is 12.5 Å². The van der Waals surface area contributed by atoms with E-state index in [2.05, 4.69) is 11.4 Å². The van der Waals surface area contributed by atoms with E-state index in [0.29, 0.717) is 6.61 Å². The second kappa shape index (κ2) is 3.59. The molecule has 1 heterocycles. The van der Waals surface area contributed by atoms with Crippen molar-refractivity contribution < 1.29 is 4.74 Å². The maximum absolute atomic E-state index is 6.17. The van der Waals surface area contributed by atoms with Crippen molar-refractivity contribution in [2.24, 2.45) is 5.73 Å². The van der Waals surface area contributed by atoms with Crippen molar-refractivity contribution in [1.82, 2.24) is 5.32 Å². The molecule has 0 aliphatic carbocycles. The largest absolute Gasteiger partial charge is 0.494 e. The van der Waals surface area contributed by atoms with Gasteiger partial charge in [0, 0.05) is 13.1 Å². The van der Waals surface area contributed by atoms with E-state index in [-0.39, 0.29) is 5.54 Å². The minimum atomic E-state index is -0.187. The van der Waals surface area contributed by atoms with E-state index in [4.69, 9.17) is 10.5 Å². The van der Waals surface area contributed by atoms with Crippen LogP contribution in [0, 0.1) is 0 Å². The van der Waals surface area contributed by atoms with Crippen LogP contribution >= 0.6 is 0 Å². The SMILES string of the molecule is CCOc1cccc(C2(N)CNC2)c1. The normalized spacial score (nSPS) is 18.7. The summed E-state index contributed by atoms with van der Waals surface area (Å²) in [6.07, 6.45) is 0.